The molecule has 2 N–H and O–H groups in total. The standard InChI is InChI=1S/C12H19N3O3/c16-10-7-9(8-14-10)12(18)13-4-3-11(17)15-5-1-2-6-15/h9H,1-8H2,(H,13,18)(H,14,16). The maximum atomic E-state index is 11.7. The van der Waals surface area contributed by atoms with Crippen LogP contribution in [0.15, 0.2) is 0 Å². The molecular weight excluding hydrogens is 234 g/mol. The van der Waals surface area contributed by atoms with E-state index in [0.29, 0.717) is 19.5 Å². The van der Waals surface area contributed by atoms with Crippen LogP contribution in [0.5, 0.6) is 0 Å². The lowest BCUT2D eigenvalue weighted by atomic mass is 10.1. The van der Waals surface area contributed by atoms with Crippen LogP contribution in [0.25, 0.3) is 0 Å². The number of carbonyl (C=O) groups is 3. The number of amides is 3. The van der Waals surface area contributed by atoms with Gasteiger partial charge in [-0.3, -0.25) is 14.4 Å². The number of likely N-dealkylation sites (tertiary alicyclic amines) is 1. The Morgan fingerprint density at radius 2 is 2.06 bits per heavy atom. The number of nitrogens with one attached hydrogen (secondary N) is 2. The van der Waals surface area contributed by atoms with Gasteiger partial charge in [0.25, 0.3) is 0 Å². The van der Waals surface area contributed by atoms with Gasteiger partial charge in [0.15, 0.2) is 0 Å². The number of nitrogens with zero attached hydrogens (tertiary/aromatic N) is 1. The highest BCUT2D eigenvalue weighted by Gasteiger charge is 2.27. The van der Waals surface area contributed by atoms with Crippen LogP contribution in [0, 0.1) is 5.92 Å². The zero-order valence-electron chi connectivity index (χ0n) is 10.4. The second-order valence-corrected chi connectivity index (χ2v) is 4.83. The van der Waals surface area contributed by atoms with Crippen molar-refractivity contribution in [3.63, 3.8) is 0 Å². The van der Waals surface area contributed by atoms with E-state index in [-0.39, 0.29) is 30.1 Å². The van der Waals surface area contributed by atoms with Crippen molar-refractivity contribution in [2.75, 3.05) is 26.2 Å². The van der Waals surface area contributed by atoms with Gasteiger partial charge in [-0.1, -0.05) is 0 Å². The van der Waals surface area contributed by atoms with Gasteiger partial charge in [0, 0.05) is 39.0 Å². The average molecular weight is 253 g/mol. The molecule has 0 saturated carbocycles. The third kappa shape index (κ3) is 3.21. The van der Waals surface area contributed by atoms with E-state index in [9.17, 15) is 14.4 Å². The first-order valence-electron chi connectivity index (χ1n) is 6.49. The lowest BCUT2D eigenvalue weighted by molar-refractivity contribution is -0.130. The molecule has 0 radical (unpaired) electrons. The van der Waals surface area contributed by atoms with Crippen LogP contribution in [0.3, 0.4) is 0 Å². The second kappa shape index (κ2) is 5.84. The van der Waals surface area contributed by atoms with Crippen LogP contribution in [0.1, 0.15) is 25.7 Å². The third-order valence-electron chi connectivity index (χ3n) is 3.45. The number of rotatable bonds is 4. The molecule has 1 unspecified atom stereocenters. The number of hydrogen-bond acceptors (Lipinski definition) is 3. The first kappa shape index (κ1) is 12.9. The highest BCUT2D eigenvalue weighted by molar-refractivity contribution is 5.89. The first-order valence-corrected chi connectivity index (χ1v) is 6.49. The molecule has 1 atom stereocenters. The van der Waals surface area contributed by atoms with Gasteiger partial charge in [0.2, 0.25) is 17.7 Å². The molecule has 0 aromatic rings. The van der Waals surface area contributed by atoms with E-state index in [1.54, 1.807) is 0 Å². The van der Waals surface area contributed by atoms with Crippen LogP contribution in [0.4, 0.5) is 0 Å². The number of hydrogen-bond donors (Lipinski definition) is 2. The SMILES string of the molecule is O=C1CC(C(=O)NCCC(=O)N2CCCC2)CN1. The molecule has 6 heteroatoms. The minimum atomic E-state index is -0.278. The summed E-state index contributed by atoms with van der Waals surface area (Å²) in [5.41, 5.74) is 0. The molecule has 0 aliphatic carbocycles. The molecule has 100 valence electrons. The van der Waals surface area contributed by atoms with Crippen molar-refractivity contribution < 1.29 is 14.4 Å². The normalized spacial score (nSPS) is 23.0. The summed E-state index contributed by atoms with van der Waals surface area (Å²) in [5.74, 6) is -0.390. The quantitative estimate of drug-likeness (QED) is 0.692. The summed E-state index contributed by atoms with van der Waals surface area (Å²) in [5, 5.41) is 5.34. The van der Waals surface area contributed by atoms with Crippen molar-refractivity contribution in [3.8, 4) is 0 Å². The van der Waals surface area contributed by atoms with Gasteiger partial charge in [-0.05, 0) is 12.8 Å². The predicted molar refractivity (Wildman–Crippen MR) is 64.6 cm³/mol. The Morgan fingerprint density at radius 1 is 1.33 bits per heavy atom. The second-order valence-electron chi connectivity index (χ2n) is 4.83. The first-order chi connectivity index (χ1) is 8.66. The molecule has 2 heterocycles. The Hall–Kier alpha value is -1.59. The highest BCUT2D eigenvalue weighted by Crippen LogP contribution is 2.10. The molecule has 0 spiro atoms. The lowest BCUT2D eigenvalue weighted by Crippen LogP contribution is -2.36. The minimum absolute atomic E-state index is 0.0803. The fourth-order valence-corrected chi connectivity index (χ4v) is 2.35. The fourth-order valence-electron chi connectivity index (χ4n) is 2.35. The molecule has 0 bridgehead atoms. The summed E-state index contributed by atoms with van der Waals surface area (Å²) < 4.78 is 0. The minimum Gasteiger partial charge on any atom is -0.355 e. The van der Waals surface area contributed by atoms with Crippen molar-refractivity contribution >= 4 is 17.7 Å². The molecule has 2 rings (SSSR count). The average Bonchev–Trinajstić information content (AvgIpc) is 2.99. The van der Waals surface area contributed by atoms with Gasteiger partial charge in [0.05, 0.1) is 5.92 Å². The Labute approximate surface area is 106 Å². The Balaban J connectivity index is 1.64. The molecule has 18 heavy (non-hydrogen) atoms. The molecule has 6 nitrogen and oxygen atoms in total. The molecule has 0 aromatic heterocycles. The third-order valence-corrected chi connectivity index (χ3v) is 3.45. The smallest absolute Gasteiger partial charge is 0.225 e. The summed E-state index contributed by atoms with van der Waals surface area (Å²) in [6, 6.07) is 0. The molecule has 0 aromatic carbocycles. The summed E-state index contributed by atoms with van der Waals surface area (Å²) in [4.78, 5) is 36.2. The van der Waals surface area contributed by atoms with Crippen LogP contribution in [-0.2, 0) is 14.4 Å². The Bertz CT molecular complexity index is 350. The monoisotopic (exact) mass is 253 g/mol. The lowest BCUT2D eigenvalue weighted by Gasteiger charge is -2.15. The van der Waals surface area contributed by atoms with Crippen LogP contribution in [-0.4, -0.2) is 48.8 Å². The van der Waals surface area contributed by atoms with Gasteiger partial charge < -0.3 is 15.5 Å². The predicted octanol–water partition coefficient (Wildman–Crippen LogP) is -0.749. The molecule has 2 fully saturated rings. The van der Waals surface area contributed by atoms with Crippen LogP contribution < -0.4 is 10.6 Å². The number of carbonyl (C=O) groups excluding carboxylic acids is 3. The van der Waals surface area contributed by atoms with Crippen LogP contribution in [0.2, 0.25) is 0 Å². The Kier molecular flexibility index (Phi) is 4.17. The van der Waals surface area contributed by atoms with Crippen molar-refractivity contribution in [1.82, 2.24) is 15.5 Å². The van der Waals surface area contributed by atoms with E-state index in [1.807, 2.05) is 4.90 Å². The largest absolute Gasteiger partial charge is 0.355 e. The molecule has 2 aliphatic rings. The summed E-state index contributed by atoms with van der Waals surface area (Å²) in [7, 11) is 0. The van der Waals surface area contributed by atoms with Crippen molar-refractivity contribution in [2.24, 2.45) is 5.92 Å². The van der Waals surface area contributed by atoms with Crippen molar-refractivity contribution in [3.05, 3.63) is 0 Å². The van der Waals surface area contributed by atoms with Gasteiger partial charge in [-0.2, -0.15) is 0 Å². The van der Waals surface area contributed by atoms with Crippen LogP contribution >= 0.6 is 0 Å². The highest BCUT2D eigenvalue weighted by atomic mass is 16.2. The van der Waals surface area contributed by atoms with Gasteiger partial charge in [-0.25, -0.2) is 0 Å². The molecule has 3 amide bonds. The maximum absolute atomic E-state index is 11.7. The zero-order valence-corrected chi connectivity index (χ0v) is 10.4. The molecular formula is C12H19N3O3. The van der Waals surface area contributed by atoms with Gasteiger partial charge in [-0.15, -0.1) is 0 Å². The van der Waals surface area contributed by atoms with Crippen molar-refractivity contribution in [2.45, 2.75) is 25.7 Å². The van der Waals surface area contributed by atoms with E-state index >= 15 is 0 Å². The summed E-state index contributed by atoms with van der Waals surface area (Å²) in [6.45, 7) is 2.45. The Morgan fingerprint density at radius 3 is 2.67 bits per heavy atom. The van der Waals surface area contributed by atoms with E-state index < -0.39 is 0 Å². The van der Waals surface area contributed by atoms with E-state index in [2.05, 4.69) is 10.6 Å². The van der Waals surface area contributed by atoms with Gasteiger partial charge >= 0.3 is 0 Å². The zero-order chi connectivity index (χ0) is 13.0. The molecule has 2 aliphatic heterocycles. The summed E-state index contributed by atoms with van der Waals surface area (Å²) in [6.07, 6.45) is 2.76. The maximum Gasteiger partial charge on any atom is 0.225 e. The van der Waals surface area contributed by atoms with E-state index in [1.165, 1.54) is 0 Å². The summed E-state index contributed by atoms with van der Waals surface area (Å²) >= 11 is 0. The fraction of sp³-hybridized carbons (Fsp3) is 0.750. The van der Waals surface area contributed by atoms with Gasteiger partial charge in [0.1, 0.15) is 0 Å². The molecule has 2 saturated heterocycles. The van der Waals surface area contributed by atoms with E-state index in [4.69, 9.17) is 0 Å². The van der Waals surface area contributed by atoms with E-state index in [0.717, 1.165) is 25.9 Å². The topological polar surface area (TPSA) is 78.5 Å². The van der Waals surface area contributed by atoms with Crippen molar-refractivity contribution in [1.29, 1.82) is 0 Å².